The van der Waals surface area contributed by atoms with Gasteiger partial charge in [0.2, 0.25) is 10.0 Å². The Hall–Kier alpha value is -1.07. The second kappa shape index (κ2) is 5.97. The minimum absolute atomic E-state index is 0.140. The summed E-state index contributed by atoms with van der Waals surface area (Å²) in [6.45, 7) is 8.01. The predicted molar refractivity (Wildman–Crippen MR) is 86.9 cm³/mol. The van der Waals surface area contributed by atoms with E-state index in [4.69, 9.17) is 5.73 Å². The zero-order chi connectivity index (χ0) is 15.8. The lowest BCUT2D eigenvalue weighted by molar-refractivity contribution is 0.335. The van der Waals surface area contributed by atoms with E-state index in [0.717, 1.165) is 36.8 Å². The summed E-state index contributed by atoms with van der Waals surface area (Å²) in [6.07, 6.45) is 4.16. The highest BCUT2D eigenvalue weighted by Gasteiger charge is 2.34. The minimum atomic E-state index is -3.48. The first-order valence-electron chi connectivity index (χ1n) is 7.68. The monoisotopic (exact) mass is 310 g/mol. The zero-order valence-corrected chi connectivity index (χ0v) is 14.3. The first-order valence-corrected chi connectivity index (χ1v) is 9.12. The predicted octanol–water partition coefficient (Wildman–Crippen LogP) is 3.15. The quantitative estimate of drug-likeness (QED) is 0.869. The SMILES string of the molecule is CCN(C1CCCC1)S(=O)(=O)c1c(C)cc(C)c(N)c1C. The lowest BCUT2D eigenvalue weighted by Crippen LogP contribution is -2.39. The Bertz CT molecular complexity index is 632. The van der Waals surface area contributed by atoms with Gasteiger partial charge in [-0.1, -0.05) is 25.8 Å². The molecule has 5 heteroatoms. The number of sulfonamides is 1. The molecule has 0 spiro atoms. The molecule has 1 aromatic rings. The van der Waals surface area contributed by atoms with Gasteiger partial charge in [-0.15, -0.1) is 0 Å². The molecule has 2 N–H and O–H groups in total. The maximum Gasteiger partial charge on any atom is 0.243 e. The van der Waals surface area contributed by atoms with Gasteiger partial charge in [-0.25, -0.2) is 8.42 Å². The van der Waals surface area contributed by atoms with Crippen molar-refractivity contribution in [1.82, 2.24) is 4.31 Å². The summed E-state index contributed by atoms with van der Waals surface area (Å²) in [4.78, 5) is 0.402. The van der Waals surface area contributed by atoms with Gasteiger partial charge in [-0.3, -0.25) is 0 Å². The van der Waals surface area contributed by atoms with Crippen molar-refractivity contribution in [2.24, 2.45) is 0 Å². The largest absolute Gasteiger partial charge is 0.398 e. The smallest absolute Gasteiger partial charge is 0.243 e. The van der Waals surface area contributed by atoms with E-state index in [1.54, 1.807) is 4.31 Å². The Morgan fingerprint density at radius 3 is 2.29 bits per heavy atom. The van der Waals surface area contributed by atoms with E-state index in [-0.39, 0.29) is 6.04 Å². The van der Waals surface area contributed by atoms with Gasteiger partial charge < -0.3 is 5.73 Å². The summed E-state index contributed by atoms with van der Waals surface area (Å²) in [5.74, 6) is 0. The molecule has 1 aliphatic rings. The summed E-state index contributed by atoms with van der Waals surface area (Å²) >= 11 is 0. The van der Waals surface area contributed by atoms with Crippen LogP contribution in [0.3, 0.4) is 0 Å². The fraction of sp³-hybridized carbons (Fsp3) is 0.625. The molecule has 4 nitrogen and oxygen atoms in total. The van der Waals surface area contributed by atoms with E-state index in [0.29, 0.717) is 22.7 Å². The maximum atomic E-state index is 13.1. The molecule has 118 valence electrons. The Kier molecular flexibility index (Phi) is 4.63. The second-order valence-electron chi connectivity index (χ2n) is 6.02. The summed E-state index contributed by atoms with van der Waals surface area (Å²) in [7, 11) is -3.48. The van der Waals surface area contributed by atoms with Crippen LogP contribution < -0.4 is 5.73 Å². The van der Waals surface area contributed by atoms with Crippen LogP contribution in [0.5, 0.6) is 0 Å². The third kappa shape index (κ3) is 2.81. The van der Waals surface area contributed by atoms with Gasteiger partial charge in [0.1, 0.15) is 0 Å². The van der Waals surface area contributed by atoms with Crippen LogP contribution in [-0.2, 0) is 10.0 Å². The molecule has 0 amide bonds. The molecule has 0 atom stereocenters. The van der Waals surface area contributed by atoms with Gasteiger partial charge in [0.15, 0.2) is 0 Å². The van der Waals surface area contributed by atoms with Crippen molar-refractivity contribution in [3.63, 3.8) is 0 Å². The molecule has 0 aromatic heterocycles. The molecule has 0 saturated heterocycles. The van der Waals surface area contributed by atoms with Crippen molar-refractivity contribution < 1.29 is 8.42 Å². The van der Waals surface area contributed by atoms with Crippen molar-refractivity contribution in [2.45, 2.75) is 64.3 Å². The Morgan fingerprint density at radius 1 is 1.19 bits per heavy atom. The summed E-state index contributed by atoms with van der Waals surface area (Å²) in [6, 6.07) is 2.01. The number of aryl methyl sites for hydroxylation is 2. The number of nitrogens with two attached hydrogens (primary N) is 1. The third-order valence-electron chi connectivity index (χ3n) is 4.57. The number of nitrogens with zero attached hydrogens (tertiary/aromatic N) is 1. The van der Waals surface area contributed by atoms with E-state index in [2.05, 4.69) is 0 Å². The molecule has 0 bridgehead atoms. The van der Waals surface area contributed by atoms with Crippen LogP contribution in [0.15, 0.2) is 11.0 Å². The highest BCUT2D eigenvalue weighted by Crippen LogP contribution is 2.34. The van der Waals surface area contributed by atoms with Gasteiger partial charge in [0, 0.05) is 18.3 Å². The number of hydrogen-bond acceptors (Lipinski definition) is 3. The Morgan fingerprint density at radius 2 is 1.76 bits per heavy atom. The minimum Gasteiger partial charge on any atom is -0.398 e. The van der Waals surface area contributed by atoms with E-state index >= 15 is 0 Å². The van der Waals surface area contributed by atoms with E-state index < -0.39 is 10.0 Å². The van der Waals surface area contributed by atoms with Crippen LogP contribution in [0, 0.1) is 20.8 Å². The number of anilines is 1. The third-order valence-corrected chi connectivity index (χ3v) is 6.89. The van der Waals surface area contributed by atoms with Crippen molar-refractivity contribution in [1.29, 1.82) is 0 Å². The Balaban J connectivity index is 2.55. The first-order chi connectivity index (χ1) is 9.80. The van der Waals surface area contributed by atoms with E-state index in [1.807, 2.05) is 33.8 Å². The summed E-state index contributed by atoms with van der Waals surface area (Å²) in [5, 5.41) is 0. The standard InChI is InChI=1S/C16H26N2O2S/c1-5-18(14-8-6-7-9-14)21(19,20)16-12(3)10-11(2)15(17)13(16)4/h10,14H,5-9,17H2,1-4H3. The van der Waals surface area contributed by atoms with Crippen LogP contribution in [0.1, 0.15) is 49.3 Å². The lowest BCUT2D eigenvalue weighted by atomic mass is 10.1. The van der Waals surface area contributed by atoms with Gasteiger partial charge >= 0.3 is 0 Å². The highest BCUT2D eigenvalue weighted by molar-refractivity contribution is 7.89. The van der Waals surface area contributed by atoms with Gasteiger partial charge in [0.05, 0.1) is 4.90 Å². The molecule has 0 aliphatic heterocycles. The average Bonchev–Trinajstić information content (AvgIpc) is 2.90. The molecule has 1 aliphatic carbocycles. The van der Waals surface area contributed by atoms with E-state index in [9.17, 15) is 8.42 Å². The van der Waals surface area contributed by atoms with Crippen LogP contribution in [-0.4, -0.2) is 25.3 Å². The fourth-order valence-electron chi connectivity index (χ4n) is 3.51. The maximum absolute atomic E-state index is 13.1. The first kappa shape index (κ1) is 16.3. The molecule has 1 aromatic carbocycles. The van der Waals surface area contributed by atoms with Gasteiger partial charge in [0.25, 0.3) is 0 Å². The van der Waals surface area contributed by atoms with E-state index in [1.165, 1.54) is 0 Å². The van der Waals surface area contributed by atoms with Crippen molar-refractivity contribution >= 4 is 15.7 Å². The number of hydrogen-bond donors (Lipinski definition) is 1. The van der Waals surface area contributed by atoms with Crippen LogP contribution in [0.25, 0.3) is 0 Å². The number of nitrogen functional groups attached to an aromatic ring is 1. The van der Waals surface area contributed by atoms with Crippen molar-refractivity contribution in [2.75, 3.05) is 12.3 Å². The Labute approximate surface area is 128 Å². The molecule has 1 saturated carbocycles. The van der Waals surface area contributed by atoms with Gasteiger partial charge in [-0.2, -0.15) is 4.31 Å². The lowest BCUT2D eigenvalue weighted by Gasteiger charge is -2.28. The van der Waals surface area contributed by atoms with Crippen LogP contribution in [0.2, 0.25) is 0 Å². The second-order valence-corrected chi connectivity index (χ2v) is 7.85. The summed E-state index contributed by atoms with van der Waals surface area (Å²) < 4.78 is 27.9. The van der Waals surface area contributed by atoms with Crippen molar-refractivity contribution in [3.05, 3.63) is 22.8 Å². The molecule has 2 rings (SSSR count). The van der Waals surface area contributed by atoms with Crippen molar-refractivity contribution in [3.8, 4) is 0 Å². The molecular weight excluding hydrogens is 284 g/mol. The molecule has 0 heterocycles. The topological polar surface area (TPSA) is 63.4 Å². The number of rotatable bonds is 4. The fourth-order valence-corrected chi connectivity index (χ4v) is 5.65. The highest BCUT2D eigenvalue weighted by atomic mass is 32.2. The molecule has 1 fully saturated rings. The molecule has 21 heavy (non-hydrogen) atoms. The summed E-state index contributed by atoms with van der Waals surface area (Å²) in [5.41, 5.74) is 9.05. The normalized spacial score (nSPS) is 16.8. The molecule has 0 radical (unpaired) electrons. The number of benzene rings is 1. The average molecular weight is 310 g/mol. The van der Waals surface area contributed by atoms with Gasteiger partial charge in [-0.05, 0) is 50.3 Å². The molecular formula is C16H26N2O2S. The van der Waals surface area contributed by atoms with Crippen LogP contribution >= 0.6 is 0 Å². The van der Waals surface area contributed by atoms with Crippen LogP contribution in [0.4, 0.5) is 5.69 Å². The zero-order valence-electron chi connectivity index (χ0n) is 13.4. The molecule has 0 unspecified atom stereocenters.